The quantitative estimate of drug-likeness (QED) is 0.167. The molecular formula is C39H37N4OPt-. The molecule has 0 spiro atoms. The van der Waals surface area contributed by atoms with E-state index in [1.165, 1.54) is 15.7 Å². The fraction of sp³-hybridized carbons (Fsp3) is 0.231. The van der Waals surface area contributed by atoms with Gasteiger partial charge in [-0.2, -0.15) is 12.1 Å². The van der Waals surface area contributed by atoms with Crippen molar-refractivity contribution in [2.24, 2.45) is 6.98 Å². The topological polar surface area (TPSA) is 36.9 Å². The van der Waals surface area contributed by atoms with Crippen LogP contribution >= 0.6 is 0 Å². The zero-order valence-corrected chi connectivity index (χ0v) is 28.5. The van der Waals surface area contributed by atoms with E-state index in [4.69, 9.17) is 13.8 Å². The van der Waals surface area contributed by atoms with Crippen molar-refractivity contribution in [3.8, 4) is 23.0 Å². The van der Waals surface area contributed by atoms with Gasteiger partial charge in [0.1, 0.15) is 5.82 Å². The first-order chi connectivity index (χ1) is 22.2. The van der Waals surface area contributed by atoms with Crippen molar-refractivity contribution in [2.75, 3.05) is 0 Å². The Balaban J connectivity index is 0.00000401. The Labute approximate surface area is 283 Å². The molecule has 3 aromatic heterocycles. The molecule has 0 fully saturated rings. The van der Waals surface area contributed by atoms with Gasteiger partial charge in [0.15, 0.2) is 17.4 Å². The van der Waals surface area contributed by atoms with Gasteiger partial charge in [-0.1, -0.05) is 71.3 Å². The molecule has 0 radical (unpaired) electrons. The van der Waals surface area contributed by atoms with Crippen LogP contribution < -0.4 is 4.74 Å². The van der Waals surface area contributed by atoms with Crippen molar-refractivity contribution < 1.29 is 29.9 Å². The summed E-state index contributed by atoms with van der Waals surface area (Å²) in [5.41, 5.74) is 6.28. The molecule has 0 aliphatic carbocycles. The first-order valence-corrected chi connectivity index (χ1v) is 14.9. The standard InChI is InChI=1S/C39H37N4O.Pt/c1-38(2,3)26-20-21-40-36(22-26)43-35-24-29(18-19-30(35)31-14-11-15-32(37(31)43)39(4,5)6)44-28-13-10-12-27(23-28)42-25-41(7)33-16-8-9-17-34(33)42;/h8-22,25H,1-7H3;/q-1;/i7D3;. The van der Waals surface area contributed by atoms with Crippen molar-refractivity contribution >= 4 is 32.8 Å². The largest absolute Gasteiger partial charge is 0.508 e. The zero-order valence-electron chi connectivity index (χ0n) is 29.3. The number of aryl methyl sites for hydroxylation is 1. The summed E-state index contributed by atoms with van der Waals surface area (Å²) >= 11 is 0. The SMILES string of the molecule is [2H]C([2H])([2H])n1[cH+]n(-c2[c-]c(Oc3[c-]c4c(cc3)c3cccc(C(C)(C)C)c3n4-c3cc(C(C)(C)C)ccn3)ccc2)c2ccccc21.[Pt]. The van der Waals surface area contributed by atoms with Gasteiger partial charge in [0.2, 0.25) is 0 Å². The molecule has 0 saturated heterocycles. The van der Waals surface area contributed by atoms with Crippen molar-refractivity contribution in [1.82, 2.24) is 18.7 Å². The smallest absolute Gasteiger partial charge is 0.188 e. The number of hydrogen-bond acceptors (Lipinski definition) is 2. The van der Waals surface area contributed by atoms with Crippen LogP contribution in [0.2, 0.25) is 0 Å². The fourth-order valence-electron chi connectivity index (χ4n) is 5.93. The maximum Gasteiger partial charge on any atom is 0.188 e. The summed E-state index contributed by atoms with van der Waals surface area (Å²) in [6.45, 7) is 11.0. The third-order valence-corrected chi connectivity index (χ3v) is 8.18. The molecule has 7 aromatic rings. The number of hydrogen-bond donors (Lipinski definition) is 0. The van der Waals surface area contributed by atoms with Gasteiger partial charge in [0.25, 0.3) is 0 Å². The van der Waals surface area contributed by atoms with E-state index < -0.39 is 6.98 Å². The monoisotopic (exact) mass is 775 g/mol. The maximum absolute atomic E-state index is 8.03. The van der Waals surface area contributed by atoms with Crippen molar-refractivity contribution in [3.05, 3.63) is 121 Å². The Kier molecular flexibility index (Phi) is 6.81. The van der Waals surface area contributed by atoms with E-state index >= 15 is 0 Å². The molecule has 45 heavy (non-hydrogen) atoms. The molecule has 7 rings (SSSR count). The van der Waals surface area contributed by atoms with E-state index in [2.05, 4.69) is 94.6 Å². The van der Waals surface area contributed by atoms with Crippen LogP contribution in [0.1, 0.15) is 56.8 Å². The van der Waals surface area contributed by atoms with Gasteiger partial charge < -0.3 is 9.30 Å². The molecule has 230 valence electrons. The van der Waals surface area contributed by atoms with Crippen molar-refractivity contribution in [1.29, 1.82) is 0 Å². The van der Waals surface area contributed by atoms with Crippen molar-refractivity contribution in [3.63, 3.8) is 0 Å². The van der Waals surface area contributed by atoms with Crippen LogP contribution in [0.4, 0.5) is 0 Å². The Bertz CT molecular complexity index is 2310. The molecule has 0 unspecified atom stereocenters. The molecule has 0 N–H and O–H groups in total. The molecule has 3 heterocycles. The van der Waals surface area contributed by atoms with E-state index in [1.807, 2.05) is 53.2 Å². The van der Waals surface area contributed by atoms with Gasteiger partial charge in [-0.3, -0.25) is 0 Å². The average Bonchev–Trinajstić information content (AvgIpc) is 3.57. The Hall–Kier alpha value is -4.21. The van der Waals surface area contributed by atoms with Gasteiger partial charge in [0, 0.05) is 73.2 Å². The second-order valence-electron chi connectivity index (χ2n) is 13.4. The normalized spacial score (nSPS) is 13.4. The van der Waals surface area contributed by atoms with E-state index in [0.29, 0.717) is 22.7 Å². The second kappa shape index (κ2) is 11.3. The molecule has 0 bridgehead atoms. The third-order valence-electron chi connectivity index (χ3n) is 8.18. The zero-order chi connectivity index (χ0) is 33.3. The van der Waals surface area contributed by atoms with Crippen LogP contribution in [0.3, 0.4) is 0 Å². The van der Waals surface area contributed by atoms with E-state index in [9.17, 15) is 0 Å². The summed E-state index contributed by atoms with van der Waals surface area (Å²) < 4.78 is 35.9. The number of ether oxygens (including phenoxy) is 1. The van der Waals surface area contributed by atoms with Crippen LogP contribution in [0.5, 0.6) is 11.5 Å². The number of rotatable bonds is 4. The number of pyridine rings is 1. The second-order valence-corrected chi connectivity index (χ2v) is 13.4. The summed E-state index contributed by atoms with van der Waals surface area (Å²) in [5.74, 6) is 1.86. The molecule has 6 heteroatoms. The number of aromatic nitrogens is 4. The third kappa shape index (κ3) is 5.48. The molecule has 0 aliphatic rings. The Morgan fingerprint density at radius 1 is 0.778 bits per heavy atom. The van der Waals surface area contributed by atoms with Crippen LogP contribution in [-0.4, -0.2) is 18.7 Å². The van der Waals surface area contributed by atoms with Gasteiger partial charge in [-0.05, 0) is 51.6 Å². The van der Waals surface area contributed by atoms with Gasteiger partial charge in [0.05, 0.1) is 0 Å². The van der Waals surface area contributed by atoms with Crippen LogP contribution in [0.15, 0.2) is 97.5 Å². The molecular weight excluding hydrogens is 736 g/mol. The predicted octanol–water partition coefficient (Wildman–Crippen LogP) is 9.73. The number of fused-ring (bicyclic) bond motifs is 4. The predicted molar refractivity (Wildman–Crippen MR) is 180 cm³/mol. The molecule has 0 aliphatic heterocycles. The first-order valence-electron chi connectivity index (χ1n) is 16.4. The van der Waals surface area contributed by atoms with Crippen LogP contribution in [-0.2, 0) is 38.9 Å². The maximum atomic E-state index is 8.03. The molecule has 5 nitrogen and oxygen atoms in total. The van der Waals surface area contributed by atoms with E-state index in [-0.39, 0.29) is 31.9 Å². The average molecular weight is 776 g/mol. The summed E-state index contributed by atoms with van der Waals surface area (Å²) in [5, 5.41) is 2.20. The summed E-state index contributed by atoms with van der Waals surface area (Å²) in [6, 6.07) is 34.7. The molecule has 0 amide bonds. The van der Waals surface area contributed by atoms with Crippen molar-refractivity contribution in [2.45, 2.75) is 52.4 Å². The minimum absolute atomic E-state index is 0. The minimum Gasteiger partial charge on any atom is -0.508 e. The number of benzene rings is 4. The number of para-hydroxylation sites is 3. The minimum atomic E-state index is -2.32. The Morgan fingerprint density at radius 2 is 1.53 bits per heavy atom. The molecule has 4 aromatic carbocycles. The fourth-order valence-corrected chi connectivity index (χ4v) is 5.93. The van der Waals surface area contributed by atoms with Crippen LogP contribution in [0, 0.1) is 12.1 Å². The van der Waals surface area contributed by atoms with E-state index in [0.717, 1.165) is 33.1 Å². The number of imidazole rings is 1. The number of nitrogens with zero attached hydrogens (tertiary/aromatic N) is 4. The molecule has 0 atom stereocenters. The summed E-state index contributed by atoms with van der Waals surface area (Å²) in [6.07, 6.45) is 3.48. The van der Waals surface area contributed by atoms with Gasteiger partial charge in [-0.15, -0.1) is 29.7 Å². The first kappa shape index (κ1) is 27.1. The molecule has 0 saturated carbocycles. The van der Waals surface area contributed by atoms with Gasteiger partial charge >= 0.3 is 0 Å². The summed E-state index contributed by atoms with van der Waals surface area (Å²) in [7, 11) is 0. The van der Waals surface area contributed by atoms with Crippen LogP contribution in [0.25, 0.3) is 44.3 Å². The Morgan fingerprint density at radius 3 is 2.29 bits per heavy atom. The van der Waals surface area contributed by atoms with Gasteiger partial charge in [-0.25, -0.2) is 14.1 Å². The summed E-state index contributed by atoms with van der Waals surface area (Å²) in [4.78, 5) is 4.87. The van der Waals surface area contributed by atoms with E-state index in [1.54, 1.807) is 12.4 Å².